The molecule has 72 valence electrons. The standard InChI is InChI=1S/C9H7FN2OS/c10-8-4-14-9-3-12-6(1-7(8)9)2-11-5-13/h1,3-5H,2H2,(H,11,13). The SMILES string of the molecule is O=CNCc1cc2c(F)csc2cn1. The first-order valence-electron chi connectivity index (χ1n) is 4.00. The van der Waals surface area contributed by atoms with Crippen molar-refractivity contribution in [3.8, 4) is 0 Å². The van der Waals surface area contributed by atoms with Gasteiger partial charge in [-0.1, -0.05) is 0 Å². The number of nitrogens with zero attached hydrogens (tertiary/aromatic N) is 1. The predicted molar refractivity (Wildman–Crippen MR) is 52.5 cm³/mol. The van der Waals surface area contributed by atoms with E-state index in [1.165, 1.54) is 16.7 Å². The average molecular weight is 210 g/mol. The molecule has 0 saturated carbocycles. The number of hydrogen-bond acceptors (Lipinski definition) is 3. The zero-order chi connectivity index (χ0) is 9.97. The molecule has 3 nitrogen and oxygen atoms in total. The first-order valence-corrected chi connectivity index (χ1v) is 4.88. The molecule has 0 aliphatic heterocycles. The van der Waals surface area contributed by atoms with Crippen LogP contribution in [0.4, 0.5) is 4.39 Å². The third-order valence-corrected chi connectivity index (χ3v) is 2.74. The van der Waals surface area contributed by atoms with Gasteiger partial charge in [-0.15, -0.1) is 11.3 Å². The number of carbonyl (C=O) groups is 1. The van der Waals surface area contributed by atoms with Crippen LogP contribution < -0.4 is 5.32 Å². The van der Waals surface area contributed by atoms with E-state index in [-0.39, 0.29) is 5.82 Å². The van der Waals surface area contributed by atoms with Crippen LogP contribution in [0.2, 0.25) is 0 Å². The van der Waals surface area contributed by atoms with Gasteiger partial charge in [0.25, 0.3) is 0 Å². The summed E-state index contributed by atoms with van der Waals surface area (Å²) in [6.45, 7) is 0.328. The summed E-state index contributed by atoms with van der Waals surface area (Å²) in [5, 5.41) is 4.49. The molecule has 1 N–H and O–H groups in total. The van der Waals surface area contributed by atoms with Crippen LogP contribution in [0.1, 0.15) is 5.69 Å². The minimum Gasteiger partial charge on any atom is -0.353 e. The summed E-state index contributed by atoms with van der Waals surface area (Å²) in [4.78, 5) is 14.1. The molecule has 0 aliphatic carbocycles. The molecule has 0 spiro atoms. The van der Waals surface area contributed by atoms with Gasteiger partial charge in [-0.3, -0.25) is 9.78 Å². The van der Waals surface area contributed by atoms with E-state index < -0.39 is 0 Å². The van der Waals surface area contributed by atoms with Gasteiger partial charge in [0.05, 0.1) is 16.9 Å². The predicted octanol–water partition coefficient (Wildman–Crippen LogP) is 1.68. The average Bonchev–Trinajstić information content (AvgIpc) is 2.57. The van der Waals surface area contributed by atoms with E-state index in [1.807, 2.05) is 0 Å². The van der Waals surface area contributed by atoms with Crippen LogP contribution in [0.25, 0.3) is 10.1 Å². The molecule has 0 atom stereocenters. The van der Waals surface area contributed by atoms with E-state index >= 15 is 0 Å². The molecule has 14 heavy (non-hydrogen) atoms. The number of fused-ring (bicyclic) bond motifs is 1. The number of carbonyl (C=O) groups excluding carboxylic acids is 1. The Morgan fingerprint density at radius 3 is 3.29 bits per heavy atom. The van der Waals surface area contributed by atoms with Crippen LogP contribution in [-0.4, -0.2) is 11.4 Å². The van der Waals surface area contributed by atoms with E-state index in [4.69, 9.17) is 0 Å². The quantitative estimate of drug-likeness (QED) is 0.783. The Kier molecular flexibility index (Phi) is 2.41. The lowest BCUT2D eigenvalue weighted by atomic mass is 10.2. The maximum atomic E-state index is 13.1. The van der Waals surface area contributed by atoms with Gasteiger partial charge in [0.15, 0.2) is 0 Å². The molecular formula is C9H7FN2OS. The number of amides is 1. The Morgan fingerprint density at radius 2 is 2.50 bits per heavy atom. The topological polar surface area (TPSA) is 42.0 Å². The molecule has 2 heterocycles. The molecule has 2 aromatic heterocycles. The van der Waals surface area contributed by atoms with Gasteiger partial charge in [-0.2, -0.15) is 0 Å². The monoisotopic (exact) mass is 210 g/mol. The third kappa shape index (κ3) is 1.58. The van der Waals surface area contributed by atoms with Crippen molar-refractivity contribution in [2.24, 2.45) is 0 Å². The maximum absolute atomic E-state index is 13.1. The third-order valence-electron chi connectivity index (χ3n) is 1.84. The number of rotatable bonds is 3. The van der Waals surface area contributed by atoms with Gasteiger partial charge in [0.2, 0.25) is 6.41 Å². The van der Waals surface area contributed by atoms with Crippen LogP contribution in [0.5, 0.6) is 0 Å². The minimum atomic E-state index is -0.236. The number of pyridine rings is 1. The summed E-state index contributed by atoms with van der Waals surface area (Å²) in [6, 6.07) is 1.65. The molecule has 0 aliphatic rings. The largest absolute Gasteiger partial charge is 0.353 e. The van der Waals surface area contributed by atoms with Gasteiger partial charge in [-0.05, 0) is 6.07 Å². The summed E-state index contributed by atoms with van der Waals surface area (Å²) in [5.74, 6) is -0.236. The molecule has 1 amide bonds. The van der Waals surface area contributed by atoms with E-state index in [1.54, 1.807) is 12.3 Å². The number of nitrogens with one attached hydrogen (secondary N) is 1. The summed E-state index contributed by atoms with van der Waals surface area (Å²) >= 11 is 1.32. The Balaban J connectivity index is 2.39. The van der Waals surface area contributed by atoms with Crippen LogP contribution >= 0.6 is 11.3 Å². The Labute approximate surface area is 83.6 Å². The smallest absolute Gasteiger partial charge is 0.207 e. The molecule has 2 aromatic rings. The number of thiophene rings is 1. The Morgan fingerprint density at radius 1 is 1.64 bits per heavy atom. The number of halogens is 1. The molecule has 5 heteroatoms. The fraction of sp³-hybridized carbons (Fsp3) is 0.111. The second kappa shape index (κ2) is 3.71. The van der Waals surface area contributed by atoms with E-state index in [9.17, 15) is 9.18 Å². The van der Waals surface area contributed by atoms with Crippen molar-refractivity contribution in [1.82, 2.24) is 10.3 Å². The van der Waals surface area contributed by atoms with E-state index in [0.29, 0.717) is 24.0 Å². The molecule has 0 fully saturated rings. The van der Waals surface area contributed by atoms with Crippen molar-refractivity contribution in [3.05, 3.63) is 29.2 Å². The highest BCUT2D eigenvalue weighted by Crippen LogP contribution is 2.24. The lowest BCUT2D eigenvalue weighted by Crippen LogP contribution is -2.10. The highest BCUT2D eigenvalue weighted by Gasteiger charge is 2.04. The molecule has 0 radical (unpaired) electrons. The molecule has 0 bridgehead atoms. The fourth-order valence-corrected chi connectivity index (χ4v) is 1.94. The fourth-order valence-electron chi connectivity index (χ4n) is 1.19. The second-order valence-electron chi connectivity index (χ2n) is 2.75. The van der Waals surface area contributed by atoms with Gasteiger partial charge in [0, 0.05) is 17.0 Å². The summed E-state index contributed by atoms with van der Waals surface area (Å²) in [5.41, 5.74) is 0.655. The molecular weight excluding hydrogens is 203 g/mol. The van der Waals surface area contributed by atoms with Gasteiger partial charge < -0.3 is 5.32 Å². The molecule has 2 rings (SSSR count). The van der Waals surface area contributed by atoms with Crippen molar-refractivity contribution >= 4 is 27.8 Å². The first kappa shape index (κ1) is 9.08. The van der Waals surface area contributed by atoms with Crippen molar-refractivity contribution in [1.29, 1.82) is 0 Å². The van der Waals surface area contributed by atoms with Gasteiger partial charge in [0.1, 0.15) is 5.82 Å². The zero-order valence-electron chi connectivity index (χ0n) is 7.16. The van der Waals surface area contributed by atoms with Crippen LogP contribution in [0.3, 0.4) is 0 Å². The summed E-state index contributed by atoms with van der Waals surface area (Å²) in [7, 11) is 0. The second-order valence-corrected chi connectivity index (χ2v) is 3.67. The Hall–Kier alpha value is -1.49. The van der Waals surface area contributed by atoms with Crippen LogP contribution in [0.15, 0.2) is 17.6 Å². The van der Waals surface area contributed by atoms with Crippen LogP contribution in [0, 0.1) is 5.82 Å². The summed E-state index contributed by atoms with van der Waals surface area (Å²) < 4.78 is 14.0. The van der Waals surface area contributed by atoms with E-state index in [0.717, 1.165) is 4.70 Å². The highest BCUT2D eigenvalue weighted by molar-refractivity contribution is 7.17. The highest BCUT2D eigenvalue weighted by atomic mass is 32.1. The van der Waals surface area contributed by atoms with Gasteiger partial charge >= 0.3 is 0 Å². The lowest BCUT2D eigenvalue weighted by Gasteiger charge is -1.98. The number of hydrogen-bond donors (Lipinski definition) is 1. The zero-order valence-corrected chi connectivity index (χ0v) is 7.97. The summed E-state index contributed by atoms with van der Waals surface area (Å²) in [6.07, 6.45) is 2.21. The van der Waals surface area contributed by atoms with Crippen molar-refractivity contribution < 1.29 is 9.18 Å². The molecule has 0 aromatic carbocycles. The lowest BCUT2D eigenvalue weighted by molar-refractivity contribution is -0.109. The minimum absolute atomic E-state index is 0.236. The number of aromatic nitrogens is 1. The Bertz CT molecular complexity index is 469. The molecule has 0 saturated heterocycles. The van der Waals surface area contributed by atoms with Crippen molar-refractivity contribution in [3.63, 3.8) is 0 Å². The van der Waals surface area contributed by atoms with Crippen molar-refractivity contribution in [2.75, 3.05) is 0 Å². The first-order chi connectivity index (χ1) is 6.81. The van der Waals surface area contributed by atoms with Crippen LogP contribution in [-0.2, 0) is 11.3 Å². The van der Waals surface area contributed by atoms with E-state index in [2.05, 4.69) is 10.3 Å². The molecule has 0 unspecified atom stereocenters. The maximum Gasteiger partial charge on any atom is 0.207 e. The normalized spacial score (nSPS) is 10.4. The van der Waals surface area contributed by atoms with Gasteiger partial charge in [-0.25, -0.2) is 4.39 Å². The van der Waals surface area contributed by atoms with Crippen molar-refractivity contribution in [2.45, 2.75) is 6.54 Å².